The van der Waals surface area contributed by atoms with Crippen molar-refractivity contribution in [3.05, 3.63) is 0 Å². The minimum absolute atomic E-state index is 0.0875. The molecule has 0 saturated carbocycles. The van der Waals surface area contributed by atoms with Gasteiger partial charge in [-0.15, -0.1) is 0 Å². The highest BCUT2D eigenvalue weighted by Gasteiger charge is 2.28. The fourth-order valence-electron chi connectivity index (χ4n) is 2.04. The summed E-state index contributed by atoms with van der Waals surface area (Å²) in [5.74, 6) is 0.0875. The van der Waals surface area contributed by atoms with Crippen molar-refractivity contribution >= 4 is 5.91 Å². The fourth-order valence-corrected chi connectivity index (χ4v) is 2.04. The molecule has 0 radical (unpaired) electrons. The summed E-state index contributed by atoms with van der Waals surface area (Å²) in [5.41, 5.74) is 0. The van der Waals surface area contributed by atoms with Crippen LogP contribution in [0.2, 0.25) is 0 Å². The monoisotopic (exact) mass is 213 g/mol. The highest BCUT2D eigenvalue weighted by Crippen LogP contribution is 2.12. The normalized spacial score (nSPS) is 36.5. The van der Waals surface area contributed by atoms with Gasteiger partial charge in [-0.1, -0.05) is 0 Å². The molecule has 0 aromatic heterocycles. The molecule has 2 fully saturated rings. The zero-order chi connectivity index (χ0) is 10.7. The number of nitrogens with one attached hydrogen (secondary N) is 3. The predicted molar refractivity (Wildman–Crippen MR) is 56.6 cm³/mol. The van der Waals surface area contributed by atoms with E-state index in [1.807, 2.05) is 6.92 Å². The van der Waals surface area contributed by atoms with Gasteiger partial charge in [0.25, 0.3) is 0 Å². The minimum Gasteiger partial charge on any atom is -0.376 e. The summed E-state index contributed by atoms with van der Waals surface area (Å²) in [7, 11) is 0. The minimum atomic E-state index is -0.0912. The van der Waals surface area contributed by atoms with Gasteiger partial charge in [-0.25, -0.2) is 0 Å². The summed E-state index contributed by atoms with van der Waals surface area (Å²) >= 11 is 0. The number of hydrogen-bond donors (Lipinski definition) is 3. The molecular formula is C10H19N3O2. The highest BCUT2D eigenvalue weighted by molar-refractivity contribution is 5.82. The molecule has 0 spiro atoms. The van der Waals surface area contributed by atoms with Crippen molar-refractivity contribution in [3.8, 4) is 0 Å². The Kier molecular flexibility index (Phi) is 3.56. The molecule has 5 nitrogen and oxygen atoms in total. The van der Waals surface area contributed by atoms with Crippen LogP contribution in [-0.4, -0.2) is 50.3 Å². The first-order valence-corrected chi connectivity index (χ1v) is 5.63. The summed E-state index contributed by atoms with van der Waals surface area (Å²) in [6.45, 7) is 5.27. The van der Waals surface area contributed by atoms with E-state index in [1.54, 1.807) is 0 Å². The predicted octanol–water partition coefficient (Wildman–Crippen LogP) is -1.16. The van der Waals surface area contributed by atoms with E-state index in [2.05, 4.69) is 16.0 Å². The fraction of sp³-hybridized carbons (Fsp3) is 0.900. The molecular weight excluding hydrogens is 194 g/mol. The lowest BCUT2D eigenvalue weighted by Gasteiger charge is -2.25. The van der Waals surface area contributed by atoms with E-state index in [0.717, 1.165) is 26.1 Å². The Labute approximate surface area is 89.9 Å². The van der Waals surface area contributed by atoms with E-state index in [9.17, 15) is 4.79 Å². The molecule has 1 amide bonds. The van der Waals surface area contributed by atoms with Crippen LogP contribution in [0.15, 0.2) is 0 Å². The Bertz CT molecular complexity index is 229. The summed E-state index contributed by atoms with van der Waals surface area (Å²) in [5, 5.41) is 9.42. The van der Waals surface area contributed by atoms with Crippen LogP contribution in [0.5, 0.6) is 0 Å². The largest absolute Gasteiger partial charge is 0.376 e. The number of ether oxygens (including phenoxy) is 1. The molecule has 5 heteroatoms. The lowest BCUT2D eigenvalue weighted by molar-refractivity contribution is -0.124. The van der Waals surface area contributed by atoms with E-state index < -0.39 is 0 Å². The third-order valence-corrected chi connectivity index (χ3v) is 3.06. The van der Waals surface area contributed by atoms with E-state index in [4.69, 9.17) is 4.74 Å². The highest BCUT2D eigenvalue weighted by atomic mass is 16.5. The van der Waals surface area contributed by atoms with Crippen LogP contribution >= 0.6 is 0 Å². The van der Waals surface area contributed by atoms with Gasteiger partial charge < -0.3 is 20.7 Å². The van der Waals surface area contributed by atoms with E-state index >= 15 is 0 Å². The van der Waals surface area contributed by atoms with Gasteiger partial charge in [0.15, 0.2) is 0 Å². The van der Waals surface area contributed by atoms with Gasteiger partial charge in [-0.05, 0) is 13.3 Å². The van der Waals surface area contributed by atoms with Gasteiger partial charge in [-0.2, -0.15) is 0 Å². The quantitative estimate of drug-likeness (QED) is 0.541. The van der Waals surface area contributed by atoms with E-state index in [0.29, 0.717) is 6.54 Å². The van der Waals surface area contributed by atoms with Crippen LogP contribution in [-0.2, 0) is 9.53 Å². The maximum atomic E-state index is 11.8. The number of carbonyl (C=O) groups is 1. The lowest BCUT2D eigenvalue weighted by Crippen LogP contribution is -2.57. The van der Waals surface area contributed by atoms with Gasteiger partial charge in [0.05, 0.1) is 18.2 Å². The van der Waals surface area contributed by atoms with Crippen LogP contribution in [0.25, 0.3) is 0 Å². The number of carbonyl (C=O) groups excluding carboxylic acids is 1. The van der Waals surface area contributed by atoms with Crippen LogP contribution in [0.3, 0.4) is 0 Å². The molecule has 86 valence electrons. The van der Waals surface area contributed by atoms with E-state index in [1.165, 1.54) is 0 Å². The molecule has 2 rings (SSSR count). The van der Waals surface area contributed by atoms with Gasteiger partial charge in [0.2, 0.25) is 5.91 Å². The van der Waals surface area contributed by atoms with Gasteiger partial charge in [0.1, 0.15) is 0 Å². The SMILES string of the molecule is CC1OCCC1NC(=O)C1CNCCN1. The number of amides is 1. The maximum absolute atomic E-state index is 11.8. The standard InChI is InChI=1S/C10H19N3O2/c1-7-8(2-5-15-7)13-10(14)9-6-11-3-4-12-9/h7-9,11-12H,2-6H2,1H3,(H,13,14). The Morgan fingerprint density at radius 1 is 1.47 bits per heavy atom. The number of rotatable bonds is 2. The molecule has 2 saturated heterocycles. The lowest BCUT2D eigenvalue weighted by atomic mass is 10.1. The molecule has 15 heavy (non-hydrogen) atoms. The molecule has 0 aromatic rings. The molecule has 2 aliphatic heterocycles. The first kappa shape index (κ1) is 10.9. The third kappa shape index (κ3) is 2.68. The average molecular weight is 213 g/mol. The third-order valence-electron chi connectivity index (χ3n) is 3.06. The molecule has 3 unspecified atom stereocenters. The molecule has 3 N–H and O–H groups in total. The Hall–Kier alpha value is -0.650. The Morgan fingerprint density at radius 3 is 2.93 bits per heavy atom. The second-order valence-corrected chi connectivity index (χ2v) is 4.19. The van der Waals surface area contributed by atoms with Gasteiger partial charge >= 0.3 is 0 Å². The molecule has 0 bridgehead atoms. The van der Waals surface area contributed by atoms with Crippen molar-refractivity contribution in [2.75, 3.05) is 26.2 Å². The summed E-state index contributed by atoms with van der Waals surface area (Å²) in [4.78, 5) is 11.8. The average Bonchev–Trinajstić information content (AvgIpc) is 2.66. The Balaban J connectivity index is 1.80. The van der Waals surface area contributed by atoms with Crippen LogP contribution in [0.1, 0.15) is 13.3 Å². The Morgan fingerprint density at radius 2 is 2.33 bits per heavy atom. The van der Waals surface area contributed by atoms with Gasteiger partial charge in [0, 0.05) is 26.2 Å². The van der Waals surface area contributed by atoms with Crippen molar-refractivity contribution in [1.29, 1.82) is 0 Å². The summed E-state index contributed by atoms with van der Waals surface area (Å²) in [6.07, 6.45) is 1.07. The summed E-state index contributed by atoms with van der Waals surface area (Å²) < 4.78 is 5.40. The van der Waals surface area contributed by atoms with Crippen LogP contribution < -0.4 is 16.0 Å². The second kappa shape index (κ2) is 4.92. The first-order valence-electron chi connectivity index (χ1n) is 5.63. The zero-order valence-electron chi connectivity index (χ0n) is 9.08. The molecule has 0 aliphatic carbocycles. The second-order valence-electron chi connectivity index (χ2n) is 4.19. The maximum Gasteiger partial charge on any atom is 0.238 e. The van der Waals surface area contributed by atoms with Crippen molar-refractivity contribution in [1.82, 2.24) is 16.0 Å². The first-order chi connectivity index (χ1) is 7.27. The van der Waals surface area contributed by atoms with E-state index in [-0.39, 0.29) is 24.1 Å². The van der Waals surface area contributed by atoms with Gasteiger partial charge in [-0.3, -0.25) is 4.79 Å². The van der Waals surface area contributed by atoms with Crippen LogP contribution in [0, 0.1) is 0 Å². The van der Waals surface area contributed by atoms with Crippen molar-refractivity contribution in [3.63, 3.8) is 0 Å². The molecule has 0 aromatic carbocycles. The van der Waals surface area contributed by atoms with Crippen molar-refractivity contribution in [2.45, 2.75) is 31.5 Å². The topological polar surface area (TPSA) is 62.4 Å². The number of piperazine rings is 1. The van der Waals surface area contributed by atoms with Crippen molar-refractivity contribution in [2.24, 2.45) is 0 Å². The van der Waals surface area contributed by atoms with Crippen molar-refractivity contribution < 1.29 is 9.53 Å². The molecule has 3 atom stereocenters. The summed E-state index contributed by atoms with van der Waals surface area (Å²) in [6, 6.07) is 0.0905. The smallest absolute Gasteiger partial charge is 0.238 e. The van der Waals surface area contributed by atoms with Crippen LogP contribution in [0.4, 0.5) is 0 Å². The number of hydrogen-bond acceptors (Lipinski definition) is 4. The molecule has 2 aliphatic rings. The zero-order valence-corrected chi connectivity index (χ0v) is 9.08. The molecule has 2 heterocycles.